The lowest BCUT2D eigenvalue weighted by Crippen LogP contribution is -2.30. The SMILES string of the molecule is CCOc1ccccc1OCCCC(=O)N1CC[C@H](C(=O)O)C1. The molecule has 1 fully saturated rings. The Balaban J connectivity index is 1.71. The Bertz CT molecular complexity index is 546. The summed E-state index contributed by atoms with van der Waals surface area (Å²) in [5.74, 6) is 0.124. The molecule has 1 aliphatic heterocycles. The smallest absolute Gasteiger partial charge is 0.308 e. The second-order valence-electron chi connectivity index (χ2n) is 5.50. The van der Waals surface area contributed by atoms with Gasteiger partial charge in [0.15, 0.2) is 11.5 Å². The topological polar surface area (TPSA) is 76.1 Å². The molecule has 6 nitrogen and oxygen atoms in total. The fraction of sp³-hybridized carbons (Fsp3) is 0.529. The van der Waals surface area contributed by atoms with Crippen molar-refractivity contribution in [1.29, 1.82) is 0 Å². The molecule has 1 saturated heterocycles. The number of carboxylic acid groups (broad SMARTS) is 1. The van der Waals surface area contributed by atoms with Gasteiger partial charge in [0.05, 0.1) is 19.1 Å². The summed E-state index contributed by atoms with van der Waals surface area (Å²) in [6.07, 6.45) is 1.50. The number of para-hydroxylation sites is 2. The van der Waals surface area contributed by atoms with Crippen LogP contribution >= 0.6 is 0 Å². The van der Waals surface area contributed by atoms with Gasteiger partial charge in [0.2, 0.25) is 5.91 Å². The molecule has 1 heterocycles. The zero-order valence-corrected chi connectivity index (χ0v) is 13.4. The minimum atomic E-state index is -0.823. The van der Waals surface area contributed by atoms with E-state index in [4.69, 9.17) is 14.6 Å². The van der Waals surface area contributed by atoms with Crippen LogP contribution in [0.2, 0.25) is 0 Å². The molecule has 23 heavy (non-hydrogen) atoms. The van der Waals surface area contributed by atoms with E-state index < -0.39 is 11.9 Å². The first-order chi connectivity index (χ1) is 11.1. The molecule has 1 N–H and O–H groups in total. The summed E-state index contributed by atoms with van der Waals surface area (Å²) in [5.41, 5.74) is 0. The zero-order chi connectivity index (χ0) is 16.7. The predicted molar refractivity (Wildman–Crippen MR) is 84.7 cm³/mol. The van der Waals surface area contributed by atoms with Gasteiger partial charge < -0.3 is 19.5 Å². The van der Waals surface area contributed by atoms with E-state index in [0.29, 0.717) is 57.1 Å². The minimum absolute atomic E-state index is 0.00422. The molecule has 0 spiro atoms. The zero-order valence-electron chi connectivity index (χ0n) is 13.4. The van der Waals surface area contributed by atoms with Crippen molar-refractivity contribution in [2.75, 3.05) is 26.3 Å². The molecule has 0 saturated carbocycles. The Morgan fingerprint density at radius 1 is 1.26 bits per heavy atom. The lowest BCUT2D eigenvalue weighted by atomic mass is 10.1. The second kappa shape index (κ2) is 8.41. The number of aliphatic carboxylic acids is 1. The number of carbonyl (C=O) groups is 2. The number of amides is 1. The fourth-order valence-corrected chi connectivity index (χ4v) is 2.60. The largest absolute Gasteiger partial charge is 0.490 e. The third-order valence-electron chi connectivity index (χ3n) is 3.83. The minimum Gasteiger partial charge on any atom is -0.490 e. The van der Waals surface area contributed by atoms with Crippen LogP contribution in [0.5, 0.6) is 11.5 Å². The maximum absolute atomic E-state index is 12.0. The number of hydrogen-bond acceptors (Lipinski definition) is 4. The van der Waals surface area contributed by atoms with E-state index in [1.165, 1.54) is 0 Å². The highest BCUT2D eigenvalue weighted by Crippen LogP contribution is 2.26. The first-order valence-corrected chi connectivity index (χ1v) is 7.97. The molecule has 1 atom stereocenters. The van der Waals surface area contributed by atoms with Crippen LogP contribution in [-0.2, 0) is 9.59 Å². The Hall–Kier alpha value is -2.24. The lowest BCUT2D eigenvalue weighted by molar-refractivity contribution is -0.141. The number of carboxylic acids is 1. The van der Waals surface area contributed by atoms with Gasteiger partial charge in [-0.25, -0.2) is 0 Å². The van der Waals surface area contributed by atoms with E-state index in [1.54, 1.807) is 4.90 Å². The van der Waals surface area contributed by atoms with Gasteiger partial charge >= 0.3 is 5.97 Å². The van der Waals surface area contributed by atoms with Crippen LogP contribution in [0.25, 0.3) is 0 Å². The maximum atomic E-state index is 12.0. The lowest BCUT2D eigenvalue weighted by Gasteiger charge is -2.16. The Morgan fingerprint density at radius 2 is 1.96 bits per heavy atom. The van der Waals surface area contributed by atoms with Gasteiger partial charge in [0.1, 0.15) is 0 Å². The first kappa shape index (κ1) is 17.1. The van der Waals surface area contributed by atoms with Crippen molar-refractivity contribution in [2.24, 2.45) is 5.92 Å². The van der Waals surface area contributed by atoms with Gasteiger partial charge in [-0.3, -0.25) is 9.59 Å². The molecule has 1 aromatic rings. The highest BCUT2D eigenvalue weighted by Gasteiger charge is 2.30. The molecule has 1 amide bonds. The number of hydrogen-bond donors (Lipinski definition) is 1. The average molecular weight is 321 g/mol. The van der Waals surface area contributed by atoms with E-state index in [2.05, 4.69) is 0 Å². The van der Waals surface area contributed by atoms with Crippen molar-refractivity contribution in [2.45, 2.75) is 26.2 Å². The average Bonchev–Trinajstić information content (AvgIpc) is 3.03. The van der Waals surface area contributed by atoms with Gasteiger partial charge in [0, 0.05) is 19.5 Å². The monoisotopic (exact) mass is 321 g/mol. The number of rotatable bonds is 8. The predicted octanol–water partition coefficient (Wildman–Crippen LogP) is 2.18. The number of likely N-dealkylation sites (tertiary alicyclic amines) is 1. The molecule has 0 radical (unpaired) electrons. The summed E-state index contributed by atoms with van der Waals surface area (Å²) < 4.78 is 11.1. The van der Waals surface area contributed by atoms with Crippen molar-refractivity contribution < 1.29 is 24.2 Å². The highest BCUT2D eigenvalue weighted by molar-refractivity contribution is 5.78. The maximum Gasteiger partial charge on any atom is 0.308 e. The van der Waals surface area contributed by atoms with Crippen molar-refractivity contribution in [1.82, 2.24) is 4.90 Å². The van der Waals surface area contributed by atoms with Crippen LogP contribution in [-0.4, -0.2) is 48.2 Å². The summed E-state index contributed by atoms with van der Waals surface area (Å²) in [6.45, 7) is 3.76. The molecule has 1 aromatic carbocycles. The molecule has 2 rings (SSSR count). The normalized spacial score (nSPS) is 17.1. The van der Waals surface area contributed by atoms with Crippen molar-refractivity contribution in [3.8, 4) is 11.5 Å². The van der Waals surface area contributed by atoms with Crippen LogP contribution < -0.4 is 9.47 Å². The van der Waals surface area contributed by atoms with Crippen LogP contribution in [0.3, 0.4) is 0 Å². The number of carbonyl (C=O) groups excluding carboxylic acids is 1. The number of ether oxygens (including phenoxy) is 2. The standard InChI is InChI=1S/C17H23NO5/c1-2-22-14-6-3-4-7-15(14)23-11-5-8-16(19)18-10-9-13(12-18)17(20)21/h3-4,6-7,13H,2,5,8-12H2,1H3,(H,20,21)/t13-/m0/s1. The van der Waals surface area contributed by atoms with Crippen LogP contribution in [0.1, 0.15) is 26.2 Å². The molecule has 0 aliphatic carbocycles. The Kier molecular flexibility index (Phi) is 6.26. The molecule has 0 aromatic heterocycles. The summed E-state index contributed by atoms with van der Waals surface area (Å²) >= 11 is 0. The molecular weight excluding hydrogens is 298 g/mol. The number of benzene rings is 1. The fourth-order valence-electron chi connectivity index (χ4n) is 2.60. The van der Waals surface area contributed by atoms with E-state index in [-0.39, 0.29) is 5.91 Å². The molecule has 1 aliphatic rings. The third-order valence-corrected chi connectivity index (χ3v) is 3.83. The van der Waals surface area contributed by atoms with E-state index >= 15 is 0 Å². The number of nitrogens with zero attached hydrogens (tertiary/aromatic N) is 1. The van der Waals surface area contributed by atoms with Gasteiger partial charge in [-0.2, -0.15) is 0 Å². The molecule has 6 heteroatoms. The van der Waals surface area contributed by atoms with Gasteiger partial charge in [-0.05, 0) is 31.9 Å². The highest BCUT2D eigenvalue weighted by atomic mass is 16.5. The molecule has 0 unspecified atom stereocenters. The van der Waals surface area contributed by atoms with Crippen LogP contribution in [0, 0.1) is 5.92 Å². The molecule has 0 bridgehead atoms. The van der Waals surface area contributed by atoms with Crippen molar-refractivity contribution in [3.63, 3.8) is 0 Å². The van der Waals surface area contributed by atoms with Crippen LogP contribution in [0.4, 0.5) is 0 Å². The van der Waals surface area contributed by atoms with Crippen molar-refractivity contribution in [3.05, 3.63) is 24.3 Å². The quantitative estimate of drug-likeness (QED) is 0.743. The summed E-state index contributed by atoms with van der Waals surface area (Å²) in [5, 5.41) is 8.95. The van der Waals surface area contributed by atoms with E-state index in [1.807, 2.05) is 31.2 Å². The van der Waals surface area contributed by atoms with Gasteiger partial charge in [0.25, 0.3) is 0 Å². The van der Waals surface area contributed by atoms with E-state index in [0.717, 1.165) is 0 Å². The third kappa shape index (κ3) is 4.87. The van der Waals surface area contributed by atoms with Gasteiger partial charge in [-0.1, -0.05) is 12.1 Å². The molecular formula is C17H23NO5. The van der Waals surface area contributed by atoms with Crippen molar-refractivity contribution >= 4 is 11.9 Å². The summed E-state index contributed by atoms with van der Waals surface area (Å²) in [7, 11) is 0. The van der Waals surface area contributed by atoms with E-state index in [9.17, 15) is 9.59 Å². The second-order valence-corrected chi connectivity index (χ2v) is 5.50. The Labute approximate surface area is 136 Å². The summed E-state index contributed by atoms with van der Waals surface area (Å²) in [6, 6.07) is 7.44. The first-order valence-electron chi connectivity index (χ1n) is 7.97. The summed E-state index contributed by atoms with van der Waals surface area (Å²) in [4.78, 5) is 24.6. The van der Waals surface area contributed by atoms with Gasteiger partial charge in [-0.15, -0.1) is 0 Å². The van der Waals surface area contributed by atoms with Crippen LogP contribution in [0.15, 0.2) is 24.3 Å². The Morgan fingerprint density at radius 3 is 2.57 bits per heavy atom. The molecule has 126 valence electrons.